The molecular formula is C37H56O2. The van der Waals surface area contributed by atoms with Crippen molar-refractivity contribution in [1.29, 1.82) is 0 Å². The van der Waals surface area contributed by atoms with E-state index in [1.807, 2.05) is 0 Å². The van der Waals surface area contributed by atoms with Crippen LogP contribution in [0.1, 0.15) is 135 Å². The maximum atomic E-state index is 6.55. The molecule has 0 N–H and O–H groups in total. The zero-order valence-corrected chi connectivity index (χ0v) is 25.5. The van der Waals surface area contributed by atoms with Gasteiger partial charge in [0, 0.05) is 21.5 Å². The number of aryl methyl sites for hydroxylation is 1. The highest BCUT2D eigenvalue weighted by Crippen LogP contribution is 2.43. The van der Waals surface area contributed by atoms with Gasteiger partial charge in [0.1, 0.15) is 11.5 Å². The minimum atomic E-state index is 0.779. The standard InChI is InChI=1S/C37H56O2/c1-4-6-8-10-12-14-16-18-22-28-38-36-32-24-20-21-25-33(32)37(35-30-31(3)26-27-34(35)36)39-29-23-19-17-15-13-11-9-7-5-2/h20-21,24-27,30H,4-19,22-23,28-29H2,1-3H3. The van der Waals surface area contributed by atoms with Crippen molar-refractivity contribution >= 4 is 21.5 Å². The van der Waals surface area contributed by atoms with Gasteiger partial charge in [-0.25, -0.2) is 0 Å². The van der Waals surface area contributed by atoms with E-state index in [-0.39, 0.29) is 0 Å². The Morgan fingerprint density at radius 2 is 0.821 bits per heavy atom. The summed E-state index contributed by atoms with van der Waals surface area (Å²) in [6, 6.07) is 15.4. The molecule has 39 heavy (non-hydrogen) atoms. The van der Waals surface area contributed by atoms with Crippen LogP contribution in [0.15, 0.2) is 42.5 Å². The maximum Gasteiger partial charge on any atom is 0.135 e. The van der Waals surface area contributed by atoms with Gasteiger partial charge >= 0.3 is 0 Å². The Labute approximate surface area is 239 Å². The lowest BCUT2D eigenvalue weighted by atomic mass is 9.99. The SMILES string of the molecule is CCCCCCCCCCCOc1c2ccccc2c(OCCCCCCCCCCC)c2cc(C)ccc12. The molecule has 3 aromatic carbocycles. The second-order valence-corrected chi connectivity index (χ2v) is 11.6. The van der Waals surface area contributed by atoms with Crippen molar-refractivity contribution < 1.29 is 9.47 Å². The van der Waals surface area contributed by atoms with E-state index in [1.165, 1.54) is 130 Å². The van der Waals surface area contributed by atoms with E-state index < -0.39 is 0 Å². The Balaban J connectivity index is 1.57. The van der Waals surface area contributed by atoms with E-state index in [2.05, 4.69) is 63.2 Å². The molecule has 0 bridgehead atoms. The number of benzene rings is 3. The first-order valence-electron chi connectivity index (χ1n) is 16.5. The molecule has 0 fully saturated rings. The van der Waals surface area contributed by atoms with E-state index >= 15 is 0 Å². The van der Waals surface area contributed by atoms with Crippen molar-refractivity contribution in [2.75, 3.05) is 13.2 Å². The Morgan fingerprint density at radius 1 is 0.436 bits per heavy atom. The largest absolute Gasteiger partial charge is 0.492 e. The van der Waals surface area contributed by atoms with Crippen molar-refractivity contribution in [3.05, 3.63) is 48.0 Å². The third kappa shape index (κ3) is 10.7. The van der Waals surface area contributed by atoms with Gasteiger partial charge in [0.25, 0.3) is 0 Å². The van der Waals surface area contributed by atoms with Crippen LogP contribution in [0.4, 0.5) is 0 Å². The first-order chi connectivity index (χ1) is 19.3. The number of hydrogen-bond acceptors (Lipinski definition) is 2. The fourth-order valence-electron chi connectivity index (χ4n) is 5.70. The molecule has 2 heteroatoms. The second kappa shape index (κ2) is 19.0. The first kappa shape index (κ1) is 31.3. The number of unbranched alkanes of at least 4 members (excludes halogenated alkanes) is 16. The third-order valence-corrected chi connectivity index (χ3v) is 8.07. The highest BCUT2D eigenvalue weighted by molar-refractivity contribution is 6.11. The molecule has 0 amide bonds. The van der Waals surface area contributed by atoms with Gasteiger partial charge < -0.3 is 9.47 Å². The van der Waals surface area contributed by atoms with Crippen molar-refractivity contribution in [1.82, 2.24) is 0 Å². The van der Waals surface area contributed by atoms with E-state index in [9.17, 15) is 0 Å². The minimum absolute atomic E-state index is 0.779. The van der Waals surface area contributed by atoms with Crippen molar-refractivity contribution in [3.8, 4) is 11.5 Å². The lowest BCUT2D eigenvalue weighted by Crippen LogP contribution is -2.02. The summed E-state index contributed by atoms with van der Waals surface area (Å²) in [7, 11) is 0. The molecule has 0 heterocycles. The summed E-state index contributed by atoms with van der Waals surface area (Å²) in [5, 5.41) is 4.71. The Hall–Kier alpha value is -2.22. The molecule has 216 valence electrons. The normalized spacial score (nSPS) is 11.5. The predicted molar refractivity (Wildman–Crippen MR) is 172 cm³/mol. The summed E-state index contributed by atoms with van der Waals surface area (Å²) in [5.41, 5.74) is 1.26. The summed E-state index contributed by atoms with van der Waals surface area (Å²) < 4.78 is 13.1. The highest BCUT2D eigenvalue weighted by Gasteiger charge is 2.16. The average Bonchev–Trinajstić information content (AvgIpc) is 2.95. The molecule has 0 aliphatic heterocycles. The molecule has 0 unspecified atom stereocenters. The summed E-state index contributed by atoms with van der Waals surface area (Å²) in [5.74, 6) is 2.05. The Bertz CT molecular complexity index is 1070. The van der Waals surface area contributed by atoms with E-state index in [4.69, 9.17) is 9.47 Å². The molecule has 3 rings (SSSR count). The quantitative estimate of drug-likeness (QED) is 0.0946. The van der Waals surface area contributed by atoms with Crippen LogP contribution in [0, 0.1) is 6.92 Å². The van der Waals surface area contributed by atoms with Crippen molar-refractivity contribution in [2.45, 2.75) is 136 Å². The van der Waals surface area contributed by atoms with Crippen LogP contribution in [0.3, 0.4) is 0 Å². The molecule has 0 saturated carbocycles. The summed E-state index contributed by atoms with van der Waals surface area (Å²) in [4.78, 5) is 0. The fraction of sp³-hybridized carbons (Fsp3) is 0.622. The molecule has 3 aromatic rings. The molecule has 0 aliphatic rings. The first-order valence-corrected chi connectivity index (χ1v) is 16.5. The van der Waals surface area contributed by atoms with Crippen LogP contribution in [0.2, 0.25) is 0 Å². The molecule has 0 spiro atoms. The monoisotopic (exact) mass is 532 g/mol. The number of rotatable bonds is 22. The molecule has 0 atom stereocenters. The van der Waals surface area contributed by atoms with Gasteiger partial charge in [0.2, 0.25) is 0 Å². The molecule has 2 nitrogen and oxygen atoms in total. The third-order valence-electron chi connectivity index (χ3n) is 8.07. The molecule has 0 saturated heterocycles. The van der Waals surface area contributed by atoms with Crippen LogP contribution >= 0.6 is 0 Å². The van der Waals surface area contributed by atoms with Crippen LogP contribution in [-0.4, -0.2) is 13.2 Å². The van der Waals surface area contributed by atoms with Gasteiger partial charge in [-0.15, -0.1) is 0 Å². The van der Waals surface area contributed by atoms with Crippen LogP contribution in [0.5, 0.6) is 11.5 Å². The second-order valence-electron chi connectivity index (χ2n) is 11.6. The van der Waals surface area contributed by atoms with Gasteiger partial charge in [-0.2, -0.15) is 0 Å². The van der Waals surface area contributed by atoms with E-state index in [1.54, 1.807) is 0 Å². The van der Waals surface area contributed by atoms with Gasteiger partial charge in [-0.3, -0.25) is 0 Å². The van der Waals surface area contributed by atoms with Crippen molar-refractivity contribution in [2.24, 2.45) is 0 Å². The zero-order chi connectivity index (χ0) is 27.5. The summed E-state index contributed by atoms with van der Waals surface area (Å²) >= 11 is 0. The van der Waals surface area contributed by atoms with Gasteiger partial charge in [-0.05, 0) is 25.8 Å². The number of fused-ring (bicyclic) bond motifs is 2. The minimum Gasteiger partial charge on any atom is -0.492 e. The highest BCUT2D eigenvalue weighted by atomic mass is 16.5. The van der Waals surface area contributed by atoms with Gasteiger partial charge in [-0.1, -0.05) is 159 Å². The summed E-state index contributed by atoms with van der Waals surface area (Å²) in [6.07, 6.45) is 23.9. The van der Waals surface area contributed by atoms with E-state index in [0.717, 1.165) is 37.6 Å². The zero-order valence-electron chi connectivity index (χ0n) is 25.5. The van der Waals surface area contributed by atoms with E-state index in [0.29, 0.717) is 0 Å². The maximum absolute atomic E-state index is 6.55. The number of hydrogen-bond donors (Lipinski definition) is 0. The average molecular weight is 533 g/mol. The molecular weight excluding hydrogens is 476 g/mol. The van der Waals surface area contributed by atoms with Crippen LogP contribution in [0.25, 0.3) is 21.5 Å². The summed E-state index contributed by atoms with van der Waals surface area (Å²) in [6.45, 7) is 8.30. The lowest BCUT2D eigenvalue weighted by Gasteiger charge is -2.18. The topological polar surface area (TPSA) is 18.5 Å². The molecule has 0 aliphatic carbocycles. The Morgan fingerprint density at radius 3 is 1.28 bits per heavy atom. The van der Waals surface area contributed by atoms with Crippen LogP contribution < -0.4 is 9.47 Å². The van der Waals surface area contributed by atoms with Gasteiger partial charge in [0.15, 0.2) is 0 Å². The fourth-order valence-corrected chi connectivity index (χ4v) is 5.70. The Kier molecular flexibility index (Phi) is 15.2. The van der Waals surface area contributed by atoms with Crippen molar-refractivity contribution in [3.63, 3.8) is 0 Å². The smallest absolute Gasteiger partial charge is 0.135 e. The van der Waals surface area contributed by atoms with Crippen LogP contribution in [-0.2, 0) is 0 Å². The molecule has 0 radical (unpaired) electrons. The predicted octanol–water partition coefficient (Wildman–Crippen LogP) is 12.1. The molecule has 0 aromatic heterocycles. The lowest BCUT2D eigenvalue weighted by molar-refractivity contribution is 0.306. The number of ether oxygens (including phenoxy) is 2. The van der Waals surface area contributed by atoms with Gasteiger partial charge in [0.05, 0.1) is 13.2 Å².